The number of aliphatic carboxylic acids is 1. The van der Waals surface area contributed by atoms with Crippen LogP contribution in [0.2, 0.25) is 0 Å². The molecule has 0 radical (unpaired) electrons. The van der Waals surface area contributed by atoms with E-state index in [1.165, 1.54) is 11.8 Å². The van der Waals surface area contributed by atoms with Gasteiger partial charge in [-0.3, -0.25) is 4.79 Å². The van der Waals surface area contributed by atoms with Crippen molar-refractivity contribution in [3.63, 3.8) is 0 Å². The monoisotopic (exact) mass is 216 g/mol. The fraction of sp³-hybridized carbons (Fsp3) is 0.556. The lowest BCUT2D eigenvalue weighted by Crippen LogP contribution is -2.23. The number of carboxylic acids is 1. The number of hydrogen-bond donors (Lipinski definition) is 2. The Labute approximate surface area is 88.5 Å². The molecule has 0 fully saturated rings. The van der Waals surface area contributed by atoms with Crippen LogP contribution < -0.4 is 5.32 Å². The third kappa shape index (κ3) is 7.67. The Balaban J connectivity index is 3.84. The van der Waals surface area contributed by atoms with Crippen molar-refractivity contribution in [3.05, 3.63) is 12.3 Å². The minimum atomic E-state index is -0.804. The van der Waals surface area contributed by atoms with Gasteiger partial charge in [0.05, 0.1) is 6.42 Å². The Hall–Kier alpha value is -0.970. The maximum atomic E-state index is 10.2. The summed E-state index contributed by atoms with van der Waals surface area (Å²) < 4.78 is 0. The zero-order chi connectivity index (χ0) is 10.8. The van der Waals surface area contributed by atoms with Crippen molar-refractivity contribution < 1.29 is 9.90 Å². The van der Waals surface area contributed by atoms with Gasteiger partial charge in [0, 0.05) is 12.7 Å². The molecule has 80 valence electrons. The maximum absolute atomic E-state index is 10.2. The van der Waals surface area contributed by atoms with E-state index in [0.717, 1.165) is 11.6 Å². The Kier molecular flexibility index (Phi) is 8.02. The standard InChI is InChI=1S/C9H16N2O2S/c1-3-4-6-10-9(14-2)11-7-5-8(12)13/h4,6H,3,5,7H2,1-2H3,(H,10,11)(H,12,13)/b6-4+. The lowest BCUT2D eigenvalue weighted by atomic mass is 10.4. The number of hydrogen-bond acceptors (Lipinski definition) is 3. The molecule has 0 heterocycles. The number of allylic oxidation sites excluding steroid dienone is 1. The van der Waals surface area contributed by atoms with Crippen LogP contribution >= 0.6 is 11.8 Å². The summed E-state index contributed by atoms with van der Waals surface area (Å²) >= 11 is 1.47. The average molecular weight is 216 g/mol. The van der Waals surface area contributed by atoms with Gasteiger partial charge in [-0.25, -0.2) is 4.99 Å². The van der Waals surface area contributed by atoms with Crippen LogP contribution in [-0.2, 0) is 4.79 Å². The summed E-state index contributed by atoms with van der Waals surface area (Å²) in [5.41, 5.74) is 0. The highest BCUT2D eigenvalue weighted by Gasteiger charge is 1.97. The SMILES string of the molecule is CC/C=C/N=C(/NCCC(=O)O)SC. The van der Waals surface area contributed by atoms with Crippen LogP contribution in [0.1, 0.15) is 19.8 Å². The number of rotatable bonds is 5. The molecule has 0 spiro atoms. The highest BCUT2D eigenvalue weighted by atomic mass is 32.2. The van der Waals surface area contributed by atoms with Gasteiger partial charge in [-0.2, -0.15) is 0 Å². The van der Waals surface area contributed by atoms with Gasteiger partial charge >= 0.3 is 5.97 Å². The third-order valence-electron chi connectivity index (χ3n) is 1.34. The minimum absolute atomic E-state index is 0.108. The molecule has 14 heavy (non-hydrogen) atoms. The third-order valence-corrected chi connectivity index (χ3v) is 1.98. The summed E-state index contributed by atoms with van der Waals surface area (Å²) in [5, 5.41) is 12.1. The molecule has 5 heteroatoms. The van der Waals surface area contributed by atoms with Crippen LogP contribution in [0.3, 0.4) is 0 Å². The molecular weight excluding hydrogens is 200 g/mol. The molecule has 0 aromatic heterocycles. The molecule has 0 unspecified atom stereocenters. The van der Waals surface area contributed by atoms with Crippen molar-refractivity contribution in [1.29, 1.82) is 0 Å². The summed E-state index contributed by atoms with van der Waals surface area (Å²) in [6.45, 7) is 2.44. The smallest absolute Gasteiger partial charge is 0.305 e. The molecule has 0 rings (SSSR count). The highest BCUT2D eigenvalue weighted by Crippen LogP contribution is 1.96. The average Bonchev–Trinajstić information content (AvgIpc) is 2.15. The van der Waals surface area contributed by atoms with Gasteiger partial charge < -0.3 is 10.4 Å². The van der Waals surface area contributed by atoms with Crippen molar-refractivity contribution in [2.45, 2.75) is 19.8 Å². The van der Waals surface area contributed by atoms with E-state index >= 15 is 0 Å². The number of nitrogens with one attached hydrogen (secondary N) is 1. The van der Waals surface area contributed by atoms with Crippen LogP contribution in [0.25, 0.3) is 0 Å². The summed E-state index contributed by atoms with van der Waals surface area (Å²) in [5.74, 6) is -0.804. The van der Waals surface area contributed by atoms with E-state index < -0.39 is 5.97 Å². The first-order chi connectivity index (χ1) is 6.70. The molecule has 0 aliphatic rings. The second kappa shape index (κ2) is 8.62. The van der Waals surface area contributed by atoms with Crippen LogP contribution in [0, 0.1) is 0 Å². The number of amidine groups is 1. The van der Waals surface area contributed by atoms with E-state index in [-0.39, 0.29) is 6.42 Å². The van der Waals surface area contributed by atoms with Gasteiger partial charge in [0.15, 0.2) is 5.17 Å². The zero-order valence-electron chi connectivity index (χ0n) is 8.49. The molecule has 0 saturated heterocycles. The first-order valence-corrected chi connectivity index (χ1v) is 5.65. The fourth-order valence-corrected chi connectivity index (χ4v) is 1.09. The predicted molar refractivity (Wildman–Crippen MR) is 60.6 cm³/mol. The predicted octanol–water partition coefficient (Wildman–Crippen LogP) is 1.69. The lowest BCUT2D eigenvalue weighted by molar-refractivity contribution is -0.136. The van der Waals surface area contributed by atoms with Crippen molar-refractivity contribution in [2.24, 2.45) is 4.99 Å². The molecular formula is C9H16N2O2S. The quantitative estimate of drug-likeness (QED) is 0.542. The zero-order valence-corrected chi connectivity index (χ0v) is 9.30. The second-order valence-electron chi connectivity index (χ2n) is 2.50. The minimum Gasteiger partial charge on any atom is -0.481 e. The van der Waals surface area contributed by atoms with Crippen molar-refractivity contribution in [2.75, 3.05) is 12.8 Å². The molecule has 0 amide bonds. The van der Waals surface area contributed by atoms with E-state index in [9.17, 15) is 4.79 Å². The van der Waals surface area contributed by atoms with E-state index in [2.05, 4.69) is 10.3 Å². The van der Waals surface area contributed by atoms with Crippen molar-refractivity contribution >= 4 is 22.9 Å². The van der Waals surface area contributed by atoms with Gasteiger partial charge in [0.25, 0.3) is 0 Å². The Bertz CT molecular complexity index is 227. The van der Waals surface area contributed by atoms with Crippen LogP contribution in [-0.4, -0.2) is 29.0 Å². The molecule has 0 aliphatic heterocycles. The van der Waals surface area contributed by atoms with Crippen LogP contribution in [0.5, 0.6) is 0 Å². The van der Waals surface area contributed by atoms with Crippen LogP contribution in [0.15, 0.2) is 17.3 Å². The summed E-state index contributed by atoms with van der Waals surface area (Å²) in [6, 6.07) is 0. The van der Waals surface area contributed by atoms with E-state index in [1.54, 1.807) is 6.20 Å². The van der Waals surface area contributed by atoms with Crippen LogP contribution in [0.4, 0.5) is 0 Å². The fourth-order valence-electron chi connectivity index (χ4n) is 0.673. The van der Waals surface area contributed by atoms with Gasteiger partial charge in [0.1, 0.15) is 0 Å². The summed E-state index contributed by atoms with van der Waals surface area (Å²) in [4.78, 5) is 14.4. The molecule has 2 N–H and O–H groups in total. The Morgan fingerprint density at radius 1 is 1.64 bits per heavy atom. The van der Waals surface area contributed by atoms with Gasteiger partial charge in [-0.15, -0.1) is 0 Å². The second-order valence-corrected chi connectivity index (χ2v) is 3.30. The van der Waals surface area contributed by atoms with E-state index in [0.29, 0.717) is 6.54 Å². The summed E-state index contributed by atoms with van der Waals surface area (Å²) in [6.07, 6.45) is 6.61. The molecule has 0 atom stereocenters. The number of carboxylic acid groups (broad SMARTS) is 1. The summed E-state index contributed by atoms with van der Waals surface area (Å²) in [7, 11) is 0. The van der Waals surface area contributed by atoms with Gasteiger partial charge in [-0.05, 0) is 12.7 Å². The van der Waals surface area contributed by atoms with E-state index in [4.69, 9.17) is 5.11 Å². The van der Waals surface area contributed by atoms with E-state index in [1.807, 2.05) is 19.3 Å². The molecule has 0 aliphatic carbocycles. The normalized spacial score (nSPS) is 12.0. The van der Waals surface area contributed by atoms with Gasteiger partial charge in [0.2, 0.25) is 0 Å². The Morgan fingerprint density at radius 3 is 2.86 bits per heavy atom. The number of carbonyl (C=O) groups is 1. The highest BCUT2D eigenvalue weighted by molar-refractivity contribution is 8.13. The number of aliphatic imine (C=N–C) groups is 1. The lowest BCUT2D eigenvalue weighted by Gasteiger charge is -2.03. The topological polar surface area (TPSA) is 61.7 Å². The van der Waals surface area contributed by atoms with Gasteiger partial charge in [-0.1, -0.05) is 24.8 Å². The van der Waals surface area contributed by atoms with Crippen molar-refractivity contribution in [1.82, 2.24) is 5.32 Å². The first kappa shape index (κ1) is 13.0. The largest absolute Gasteiger partial charge is 0.481 e. The maximum Gasteiger partial charge on any atom is 0.305 e. The molecule has 0 bridgehead atoms. The number of nitrogens with zero attached hydrogens (tertiary/aromatic N) is 1. The molecule has 0 aromatic carbocycles. The molecule has 0 aromatic rings. The molecule has 4 nitrogen and oxygen atoms in total. The van der Waals surface area contributed by atoms with Crippen molar-refractivity contribution in [3.8, 4) is 0 Å². The molecule has 0 saturated carbocycles. The number of thioether (sulfide) groups is 1. The first-order valence-electron chi connectivity index (χ1n) is 4.43. The Morgan fingerprint density at radius 2 is 2.36 bits per heavy atom.